The van der Waals surface area contributed by atoms with Crippen LogP contribution in [0.25, 0.3) is 0 Å². The molecule has 1 aliphatic heterocycles. The Bertz CT molecular complexity index is 712. The number of fused-ring (bicyclic) bond motifs is 1. The van der Waals surface area contributed by atoms with Gasteiger partial charge in [0.15, 0.2) is 5.82 Å². The van der Waals surface area contributed by atoms with Gasteiger partial charge in [0.25, 0.3) is 0 Å². The van der Waals surface area contributed by atoms with Crippen molar-refractivity contribution >= 4 is 11.7 Å². The number of nitrogens with zero attached hydrogens (tertiary/aromatic N) is 3. The van der Waals surface area contributed by atoms with E-state index in [9.17, 15) is 4.79 Å². The average molecular weight is 329 g/mol. The van der Waals surface area contributed by atoms with E-state index >= 15 is 0 Å². The topological polar surface area (TPSA) is 87.0 Å². The van der Waals surface area contributed by atoms with Crippen molar-refractivity contribution in [2.24, 2.45) is 0 Å². The summed E-state index contributed by atoms with van der Waals surface area (Å²) < 4.78 is 4.98. The highest BCUT2D eigenvalue weighted by Gasteiger charge is 2.31. The Hall–Kier alpha value is -2.15. The number of amides is 1. The fourth-order valence-electron chi connectivity index (χ4n) is 3.75. The van der Waals surface area contributed by atoms with E-state index in [-0.39, 0.29) is 11.9 Å². The number of H-pyrrole nitrogens is 1. The molecule has 0 spiro atoms. The van der Waals surface area contributed by atoms with Gasteiger partial charge in [0.2, 0.25) is 5.91 Å². The van der Waals surface area contributed by atoms with Crippen LogP contribution in [0.1, 0.15) is 54.7 Å². The minimum absolute atomic E-state index is 0.0634. The van der Waals surface area contributed by atoms with E-state index < -0.39 is 0 Å². The number of rotatable bonds is 4. The van der Waals surface area contributed by atoms with Crippen molar-refractivity contribution in [1.82, 2.24) is 20.0 Å². The van der Waals surface area contributed by atoms with Crippen LogP contribution in [0.2, 0.25) is 0 Å². The van der Waals surface area contributed by atoms with E-state index in [0.29, 0.717) is 18.1 Å². The third-order valence-corrected chi connectivity index (χ3v) is 4.89. The molecule has 7 nitrogen and oxygen atoms in total. The number of aryl methyl sites for hydroxylation is 3. The predicted octanol–water partition coefficient (Wildman–Crippen LogP) is 2.36. The molecule has 1 amide bonds. The number of likely N-dealkylation sites (tertiary alicyclic amines) is 1. The molecule has 4 rings (SSSR count). The molecular weight excluding hydrogens is 306 g/mol. The largest absolute Gasteiger partial charge is 0.360 e. The first-order valence-corrected chi connectivity index (χ1v) is 8.74. The summed E-state index contributed by atoms with van der Waals surface area (Å²) in [6, 6.07) is 1.93. The quantitative estimate of drug-likeness (QED) is 0.899. The second-order valence-corrected chi connectivity index (χ2v) is 6.75. The first-order chi connectivity index (χ1) is 11.7. The molecule has 0 unspecified atom stereocenters. The summed E-state index contributed by atoms with van der Waals surface area (Å²) in [4.78, 5) is 22.8. The van der Waals surface area contributed by atoms with Crippen molar-refractivity contribution in [3.8, 4) is 0 Å². The second-order valence-electron chi connectivity index (χ2n) is 6.75. The van der Waals surface area contributed by atoms with Gasteiger partial charge in [0.05, 0.1) is 18.3 Å². The lowest BCUT2D eigenvalue weighted by Gasteiger charge is -2.21. The second kappa shape index (κ2) is 6.39. The lowest BCUT2D eigenvalue weighted by molar-refractivity contribution is -0.117. The molecule has 1 aliphatic carbocycles. The lowest BCUT2D eigenvalue weighted by Crippen LogP contribution is -2.33. The molecule has 0 saturated carbocycles. The van der Waals surface area contributed by atoms with Gasteiger partial charge >= 0.3 is 0 Å². The van der Waals surface area contributed by atoms with Gasteiger partial charge in [-0.1, -0.05) is 5.16 Å². The predicted molar refractivity (Wildman–Crippen MR) is 88.6 cm³/mol. The van der Waals surface area contributed by atoms with E-state index in [1.807, 2.05) is 0 Å². The molecule has 2 N–H and O–H groups in total. The maximum Gasteiger partial charge on any atom is 0.239 e. The normalized spacial score (nSPS) is 21.0. The minimum Gasteiger partial charge on any atom is -0.360 e. The van der Waals surface area contributed by atoms with Crippen LogP contribution >= 0.6 is 0 Å². The average Bonchev–Trinajstić information content (AvgIpc) is 3.26. The Labute approximate surface area is 140 Å². The van der Waals surface area contributed by atoms with Crippen LogP contribution in [0.15, 0.2) is 10.6 Å². The molecule has 0 bridgehead atoms. The van der Waals surface area contributed by atoms with E-state index in [0.717, 1.165) is 38.1 Å². The van der Waals surface area contributed by atoms with Crippen LogP contribution in [0.3, 0.4) is 0 Å². The van der Waals surface area contributed by atoms with Gasteiger partial charge in [-0.05, 0) is 52.0 Å². The SMILES string of the molecule is Cc1cc(NC(=O)CN2CCC[C@H]2c2nc3c([nH]2)CCCC3)no1. The third-order valence-electron chi connectivity index (χ3n) is 4.89. The van der Waals surface area contributed by atoms with E-state index in [1.54, 1.807) is 13.0 Å². The molecule has 2 aliphatic rings. The molecule has 1 fully saturated rings. The van der Waals surface area contributed by atoms with Gasteiger partial charge < -0.3 is 14.8 Å². The Balaban J connectivity index is 1.42. The third kappa shape index (κ3) is 3.08. The maximum absolute atomic E-state index is 12.3. The van der Waals surface area contributed by atoms with Gasteiger partial charge in [-0.3, -0.25) is 9.69 Å². The molecule has 0 radical (unpaired) electrons. The molecule has 24 heavy (non-hydrogen) atoms. The number of hydrogen-bond donors (Lipinski definition) is 2. The molecule has 3 heterocycles. The number of carbonyl (C=O) groups is 1. The van der Waals surface area contributed by atoms with E-state index in [2.05, 4.69) is 20.4 Å². The zero-order chi connectivity index (χ0) is 16.5. The first kappa shape index (κ1) is 15.4. The van der Waals surface area contributed by atoms with Crippen molar-refractivity contribution in [1.29, 1.82) is 0 Å². The van der Waals surface area contributed by atoms with Gasteiger partial charge in [0, 0.05) is 11.8 Å². The first-order valence-electron chi connectivity index (χ1n) is 8.74. The monoisotopic (exact) mass is 329 g/mol. The van der Waals surface area contributed by atoms with Crippen molar-refractivity contribution in [3.05, 3.63) is 29.0 Å². The van der Waals surface area contributed by atoms with Crippen LogP contribution in [0.4, 0.5) is 5.82 Å². The zero-order valence-electron chi connectivity index (χ0n) is 14.0. The Morgan fingerprint density at radius 1 is 1.42 bits per heavy atom. The molecule has 2 aromatic heterocycles. The van der Waals surface area contributed by atoms with E-state index in [4.69, 9.17) is 9.51 Å². The van der Waals surface area contributed by atoms with Crippen LogP contribution < -0.4 is 5.32 Å². The number of carbonyl (C=O) groups excluding carboxylic acids is 1. The molecule has 2 aromatic rings. The number of aromatic nitrogens is 3. The summed E-state index contributed by atoms with van der Waals surface area (Å²) in [5, 5.41) is 6.60. The molecule has 0 aromatic carbocycles. The van der Waals surface area contributed by atoms with Gasteiger partial charge in [0.1, 0.15) is 11.6 Å². The number of hydrogen-bond acceptors (Lipinski definition) is 5. The fourth-order valence-corrected chi connectivity index (χ4v) is 3.75. The van der Waals surface area contributed by atoms with Crippen molar-refractivity contribution < 1.29 is 9.32 Å². The maximum atomic E-state index is 12.3. The highest BCUT2D eigenvalue weighted by atomic mass is 16.5. The molecule has 7 heteroatoms. The Morgan fingerprint density at radius 3 is 3.08 bits per heavy atom. The highest BCUT2D eigenvalue weighted by molar-refractivity contribution is 5.91. The van der Waals surface area contributed by atoms with Crippen molar-refractivity contribution in [2.75, 3.05) is 18.4 Å². The zero-order valence-corrected chi connectivity index (χ0v) is 14.0. The number of anilines is 1. The van der Waals surface area contributed by atoms with Gasteiger partial charge in [-0.15, -0.1) is 0 Å². The van der Waals surface area contributed by atoms with Crippen LogP contribution in [-0.2, 0) is 17.6 Å². The van der Waals surface area contributed by atoms with Gasteiger partial charge in [-0.2, -0.15) is 0 Å². The summed E-state index contributed by atoms with van der Waals surface area (Å²) in [5.74, 6) is 2.13. The van der Waals surface area contributed by atoms with Crippen LogP contribution in [0.5, 0.6) is 0 Å². The minimum atomic E-state index is -0.0634. The molecule has 1 atom stereocenters. The number of nitrogens with one attached hydrogen (secondary N) is 2. The Morgan fingerprint density at radius 2 is 2.29 bits per heavy atom. The molecular formula is C17H23N5O2. The molecule has 128 valence electrons. The fraction of sp³-hybridized carbons (Fsp3) is 0.588. The van der Waals surface area contributed by atoms with Crippen LogP contribution in [0, 0.1) is 6.92 Å². The van der Waals surface area contributed by atoms with E-state index in [1.165, 1.54) is 24.2 Å². The highest BCUT2D eigenvalue weighted by Crippen LogP contribution is 2.32. The van der Waals surface area contributed by atoms with Crippen molar-refractivity contribution in [2.45, 2.75) is 51.5 Å². The summed E-state index contributed by atoms with van der Waals surface area (Å²) >= 11 is 0. The standard InChI is InChI=1S/C17H23N5O2/c1-11-9-15(21-24-11)20-16(23)10-22-8-4-7-14(22)17-18-12-5-2-3-6-13(12)19-17/h9,14H,2-8,10H2,1H3,(H,18,19)(H,20,21,23)/t14-/m0/s1. The smallest absolute Gasteiger partial charge is 0.239 e. The Kier molecular flexibility index (Phi) is 4.10. The van der Waals surface area contributed by atoms with Crippen molar-refractivity contribution in [3.63, 3.8) is 0 Å². The summed E-state index contributed by atoms with van der Waals surface area (Å²) in [6.45, 7) is 3.07. The van der Waals surface area contributed by atoms with Gasteiger partial charge in [-0.25, -0.2) is 4.98 Å². The van der Waals surface area contributed by atoms with Crippen LogP contribution in [-0.4, -0.2) is 39.0 Å². The lowest BCUT2D eigenvalue weighted by atomic mass is 10.0. The number of aromatic amines is 1. The summed E-state index contributed by atoms with van der Waals surface area (Å²) in [6.07, 6.45) is 6.77. The summed E-state index contributed by atoms with van der Waals surface area (Å²) in [7, 11) is 0. The molecule has 1 saturated heterocycles. The number of imidazole rings is 1. The summed E-state index contributed by atoms with van der Waals surface area (Å²) in [5.41, 5.74) is 2.52.